The normalized spacial score (nSPS) is 10.4. The van der Waals surface area contributed by atoms with Crippen LogP contribution in [0.2, 0.25) is 0 Å². The van der Waals surface area contributed by atoms with E-state index in [1.807, 2.05) is 0 Å². The van der Waals surface area contributed by atoms with Crippen LogP contribution in [0.15, 0.2) is 12.4 Å². The summed E-state index contributed by atoms with van der Waals surface area (Å²) in [5.41, 5.74) is 5.73. The van der Waals surface area contributed by atoms with E-state index in [2.05, 4.69) is 9.97 Å². The molecule has 1 heterocycles. The fraction of sp³-hybridized carbons (Fsp3) is 0.583. The molecule has 0 saturated heterocycles. The average Bonchev–Trinajstić information content (AvgIpc) is 2.43. The number of rotatable bonds is 8. The summed E-state index contributed by atoms with van der Waals surface area (Å²) in [7, 11) is 3.23. The molecule has 0 aliphatic heterocycles. The van der Waals surface area contributed by atoms with E-state index in [9.17, 15) is 4.79 Å². The lowest BCUT2D eigenvalue weighted by Crippen LogP contribution is -2.35. The van der Waals surface area contributed by atoms with Crippen molar-refractivity contribution in [2.24, 2.45) is 0 Å². The lowest BCUT2D eigenvalue weighted by atomic mass is 10.3. The Morgan fingerprint density at radius 2 is 1.95 bits per heavy atom. The van der Waals surface area contributed by atoms with Crippen LogP contribution in [0, 0.1) is 0 Å². The van der Waals surface area contributed by atoms with Gasteiger partial charge in [0.2, 0.25) is 0 Å². The number of carbonyl (C=O) groups is 1. The number of nitrogen functional groups attached to an aromatic ring is 1. The average molecular weight is 268 g/mol. The first kappa shape index (κ1) is 15.3. The first-order chi connectivity index (χ1) is 9.19. The monoisotopic (exact) mass is 268 g/mol. The molecule has 0 radical (unpaired) electrons. The molecule has 1 rings (SSSR count). The number of carbonyl (C=O) groups excluding carboxylic acids is 1. The van der Waals surface area contributed by atoms with Crippen molar-refractivity contribution in [1.82, 2.24) is 14.9 Å². The van der Waals surface area contributed by atoms with Crippen molar-refractivity contribution in [1.29, 1.82) is 0 Å². The molecule has 7 heteroatoms. The number of nitrogens with zero attached hydrogens (tertiary/aromatic N) is 3. The molecule has 0 aliphatic rings. The molecule has 0 aromatic carbocycles. The van der Waals surface area contributed by atoms with Crippen molar-refractivity contribution in [3.63, 3.8) is 0 Å². The standard InChI is InChI=1S/C12H20N4O3/c1-18-6-3-4-16(5-7-19-2)12(17)10-8-15-11(13)9-14-10/h8-9H,3-7H2,1-2H3,(H2,13,15). The number of ether oxygens (including phenoxy) is 2. The third kappa shape index (κ3) is 5.19. The minimum Gasteiger partial charge on any atom is -0.385 e. The maximum Gasteiger partial charge on any atom is 0.274 e. The molecule has 106 valence electrons. The van der Waals surface area contributed by atoms with E-state index in [1.54, 1.807) is 19.1 Å². The van der Waals surface area contributed by atoms with Gasteiger partial charge >= 0.3 is 0 Å². The summed E-state index contributed by atoms with van der Waals surface area (Å²) in [6.45, 7) is 2.17. The van der Waals surface area contributed by atoms with Gasteiger partial charge in [-0.3, -0.25) is 4.79 Å². The summed E-state index contributed by atoms with van der Waals surface area (Å²) in [5, 5.41) is 0. The summed E-state index contributed by atoms with van der Waals surface area (Å²) >= 11 is 0. The van der Waals surface area contributed by atoms with E-state index in [4.69, 9.17) is 15.2 Å². The van der Waals surface area contributed by atoms with Gasteiger partial charge in [0.1, 0.15) is 11.5 Å². The van der Waals surface area contributed by atoms with Crippen LogP contribution < -0.4 is 5.73 Å². The molecule has 0 spiro atoms. The van der Waals surface area contributed by atoms with Crippen LogP contribution in [0.4, 0.5) is 5.82 Å². The zero-order valence-corrected chi connectivity index (χ0v) is 11.3. The van der Waals surface area contributed by atoms with E-state index < -0.39 is 0 Å². The highest BCUT2D eigenvalue weighted by atomic mass is 16.5. The van der Waals surface area contributed by atoms with Crippen LogP contribution in [0.25, 0.3) is 0 Å². The molecule has 0 unspecified atom stereocenters. The van der Waals surface area contributed by atoms with Gasteiger partial charge in [-0.25, -0.2) is 9.97 Å². The van der Waals surface area contributed by atoms with Gasteiger partial charge in [-0.15, -0.1) is 0 Å². The Morgan fingerprint density at radius 3 is 2.53 bits per heavy atom. The second kappa shape index (κ2) is 8.39. The SMILES string of the molecule is COCCCN(CCOC)C(=O)c1cnc(N)cn1. The number of hydrogen-bond donors (Lipinski definition) is 1. The Kier molecular flexibility index (Phi) is 6.76. The minimum atomic E-state index is -0.180. The van der Waals surface area contributed by atoms with E-state index in [-0.39, 0.29) is 11.6 Å². The first-order valence-electron chi connectivity index (χ1n) is 6.03. The number of amides is 1. The Bertz CT molecular complexity index is 383. The van der Waals surface area contributed by atoms with Gasteiger partial charge in [0.05, 0.1) is 19.0 Å². The van der Waals surface area contributed by atoms with Crippen molar-refractivity contribution in [3.05, 3.63) is 18.1 Å². The molecular formula is C12H20N4O3. The molecule has 0 saturated carbocycles. The smallest absolute Gasteiger partial charge is 0.274 e. The number of aromatic nitrogens is 2. The lowest BCUT2D eigenvalue weighted by Gasteiger charge is -2.21. The molecule has 2 N–H and O–H groups in total. The third-order valence-electron chi connectivity index (χ3n) is 2.52. The van der Waals surface area contributed by atoms with Crippen molar-refractivity contribution in [3.8, 4) is 0 Å². The summed E-state index contributed by atoms with van der Waals surface area (Å²) in [6, 6.07) is 0. The number of hydrogen-bond acceptors (Lipinski definition) is 6. The molecular weight excluding hydrogens is 248 g/mol. The Balaban J connectivity index is 2.66. The molecule has 0 atom stereocenters. The Hall–Kier alpha value is -1.73. The van der Waals surface area contributed by atoms with Crippen LogP contribution in [0.3, 0.4) is 0 Å². The quantitative estimate of drug-likeness (QED) is 0.676. The zero-order chi connectivity index (χ0) is 14.1. The number of methoxy groups -OCH3 is 2. The molecule has 0 bridgehead atoms. The third-order valence-corrected chi connectivity index (χ3v) is 2.52. The summed E-state index contributed by atoms with van der Waals surface area (Å²) in [6.07, 6.45) is 3.51. The number of nitrogens with two attached hydrogens (primary N) is 1. The van der Waals surface area contributed by atoms with Crippen molar-refractivity contribution in [2.75, 3.05) is 46.3 Å². The summed E-state index contributed by atoms with van der Waals surface area (Å²) < 4.78 is 9.99. The molecule has 7 nitrogen and oxygen atoms in total. The highest BCUT2D eigenvalue weighted by molar-refractivity contribution is 5.92. The van der Waals surface area contributed by atoms with Crippen LogP contribution in [-0.4, -0.2) is 61.3 Å². The zero-order valence-electron chi connectivity index (χ0n) is 11.3. The Labute approximate surface area is 112 Å². The van der Waals surface area contributed by atoms with E-state index >= 15 is 0 Å². The Morgan fingerprint density at radius 1 is 1.21 bits per heavy atom. The fourth-order valence-electron chi connectivity index (χ4n) is 1.53. The van der Waals surface area contributed by atoms with Crippen molar-refractivity contribution >= 4 is 11.7 Å². The highest BCUT2D eigenvalue weighted by Crippen LogP contribution is 2.03. The maximum absolute atomic E-state index is 12.2. The maximum atomic E-state index is 12.2. The van der Waals surface area contributed by atoms with E-state index in [1.165, 1.54) is 12.4 Å². The van der Waals surface area contributed by atoms with Crippen molar-refractivity contribution < 1.29 is 14.3 Å². The number of anilines is 1. The summed E-state index contributed by atoms with van der Waals surface area (Å²) in [5.74, 6) is 0.111. The fourth-order valence-corrected chi connectivity index (χ4v) is 1.53. The van der Waals surface area contributed by atoms with Crippen LogP contribution in [-0.2, 0) is 9.47 Å². The molecule has 0 fully saturated rings. The van der Waals surface area contributed by atoms with Crippen LogP contribution >= 0.6 is 0 Å². The second-order valence-corrected chi connectivity index (χ2v) is 3.96. The largest absolute Gasteiger partial charge is 0.385 e. The first-order valence-corrected chi connectivity index (χ1v) is 6.03. The second-order valence-electron chi connectivity index (χ2n) is 3.96. The van der Waals surface area contributed by atoms with Crippen LogP contribution in [0.1, 0.15) is 16.9 Å². The topological polar surface area (TPSA) is 90.6 Å². The van der Waals surface area contributed by atoms with Gasteiger partial charge in [-0.05, 0) is 6.42 Å². The molecule has 0 aliphatic carbocycles. The van der Waals surface area contributed by atoms with Gasteiger partial charge in [0.25, 0.3) is 5.91 Å². The molecule has 19 heavy (non-hydrogen) atoms. The van der Waals surface area contributed by atoms with Crippen molar-refractivity contribution in [2.45, 2.75) is 6.42 Å². The van der Waals surface area contributed by atoms with Gasteiger partial charge in [-0.1, -0.05) is 0 Å². The van der Waals surface area contributed by atoms with Gasteiger partial charge in [0.15, 0.2) is 0 Å². The predicted molar refractivity (Wildman–Crippen MR) is 70.7 cm³/mol. The summed E-state index contributed by atoms with van der Waals surface area (Å²) in [4.78, 5) is 21.8. The van der Waals surface area contributed by atoms with E-state index in [0.29, 0.717) is 32.1 Å². The predicted octanol–water partition coefficient (Wildman–Crippen LogP) is 0.184. The van der Waals surface area contributed by atoms with E-state index in [0.717, 1.165) is 6.42 Å². The molecule has 1 amide bonds. The molecule has 1 aromatic rings. The minimum absolute atomic E-state index is 0.180. The molecule has 1 aromatic heterocycles. The lowest BCUT2D eigenvalue weighted by molar-refractivity contribution is 0.0668. The van der Waals surface area contributed by atoms with Gasteiger partial charge in [0, 0.05) is 33.9 Å². The highest BCUT2D eigenvalue weighted by Gasteiger charge is 2.16. The van der Waals surface area contributed by atoms with Gasteiger partial charge < -0.3 is 20.1 Å². The van der Waals surface area contributed by atoms with Gasteiger partial charge in [-0.2, -0.15) is 0 Å². The van der Waals surface area contributed by atoms with Crippen LogP contribution in [0.5, 0.6) is 0 Å².